The molecule has 2 heteroatoms. The van der Waals surface area contributed by atoms with Gasteiger partial charge in [0.1, 0.15) is 0 Å². The van der Waals surface area contributed by atoms with Gasteiger partial charge in [0.05, 0.1) is 0 Å². The van der Waals surface area contributed by atoms with Gasteiger partial charge in [-0.2, -0.15) is 0 Å². The molecule has 0 aliphatic heterocycles. The molecular formula is C26H14S2. The minimum Gasteiger partial charge on any atom is -0.143 e. The third-order valence-corrected chi connectivity index (χ3v) is 7.95. The highest BCUT2D eigenvalue weighted by Crippen LogP contribution is 2.39. The molecule has 0 aliphatic rings. The molecular weight excluding hydrogens is 376 g/mol. The van der Waals surface area contributed by atoms with E-state index < -0.39 is 0 Å². The molecule has 0 saturated carbocycles. The molecule has 0 unspecified atom stereocenters. The van der Waals surface area contributed by atoms with Crippen molar-refractivity contribution in [3.8, 4) is 0 Å². The number of hydrogen-bond donors (Lipinski definition) is 0. The van der Waals surface area contributed by atoms with Crippen molar-refractivity contribution in [3.63, 3.8) is 0 Å². The molecule has 0 fully saturated rings. The fourth-order valence-electron chi connectivity index (χ4n) is 4.71. The second-order valence-corrected chi connectivity index (χ2v) is 9.22. The Hall–Kier alpha value is -2.94. The van der Waals surface area contributed by atoms with Crippen molar-refractivity contribution in [1.29, 1.82) is 0 Å². The second kappa shape index (κ2) is 5.32. The molecule has 28 heavy (non-hydrogen) atoms. The van der Waals surface area contributed by atoms with Crippen LogP contribution in [0.5, 0.6) is 0 Å². The number of rotatable bonds is 0. The maximum atomic E-state index is 2.32. The molecule has 130 valence electrons. The van der Waals surface area contributed by atoms with Gasteiger partial charge in [-0.25, -0.2) is 0 Å². The van der Waals surface area contributed by atoms with Crippen LogP contribution >= 0.6 is 22.7 Å². The number of hydrogen-bond acceptors (Lipinski definition) is 2. The van der Waals surface area contributed by atoms with Crippen molar-refractivity contribution in [2.45, 2.75) is 0 Å². The Kier molecular flexibility index (Phi) is 2.85. The van der Waals surface area contributed by atoms with E-state index in [-0.39, 0.29) is 0 Å². The molecule has 0 spiro atoms. The average molecular weight is 391 g/mol. The van der Waals surface area contributed by atoms with E-state index in [1.54, 1.807) is 0 Å². The summed E-state index contributed by atoms with van der Waals surface area (Å²) in [6, 6.07) is 27.4. The molecule has 0 bridgehead atoms. The minimum atomic E-state index is 1.34. The van der Waals surface area contributed by atoms with E-state index in [1.165, 1.54) is 63.3 Å². The first kappa shape index (κ1) is 15.0. The normalized spacial score (nSPS) is 12.3. The van der Waals surface area contributed by atoms with Gasteiger partial charge in [-0.05, 0) is 66.0 Å². The highest BCUT2D eigenvalue weighted by molar-refractivity contribution is 7.18. The minimum absolute atomic E-state index is 1.34. The lowest BCUT2D eigenvalue weighted by molar-refractivity contribution is 1.85. The number of benzene rings is 5. The van der Waals surface area contributed by atoms with Crippen LogP contribution in [-0.2, 0) is 0 Å². The highest BCUT2D eigenvalue weighted by atomic mass is 32.1. The monoisotopic (exact) mass is 390 g/mol. The Balaban J connectivity index is 1.67. The number of thiophene rings is 2. The summed E-state index contributed by atoms with van der Waals surface area (Å²) < 4.78 is 2.77. The Morgan fingerprint density at radius 1 is 0.321 bits per heavy atom. The van der Waals surface area contributed by atoms with Gasteiger partial charge in [-0.1, -0.05) is 60.7 Å². The first-order valence-corrected chi connectivity index (χ1v) is 11.2. The molecule has 7 rings (SSSR count). The fraction of sp³-hybridized carbons (Fsp3) is 0. The highest BCUT2D eigenvalue weighted by Gasteiger charge is 2.11. The summed E-state index contributed by atoms with van der Waals surface area (Å²) in [5.74, 6) is 0. The van der Waals surface area contributed by atoms with E-state index >= 15 is 0 Å². The van der Waals surface area contributed by atoms with Gasteiger partial charge in [-0.15, -0.1) is 22.7 Å². The summed E-state index contributed by atoms with van der Waals surface area (Å²) in [4.78, 5) is 0. The van der Waals surface area contributed by atoms with Crippen LogP contribution in [0.4, 0.5) is 0 Å². The van der Waals surface area contributed by atoms with Crippen molar-refractivity contribution in [1.82, 2.24) is 0 Å². The van der Waals surface area contributed by atoms with Gasteiger partial charge in [0.25, 0.3) is 0 Å². The SMILES string of the molecule is c1cc2ccc3c4ccc5c(ccc6c5ccc5ccsc56)c4ccc3c2s1. The van der Waals surface area contributed by atoms with Gasteiger partial charge in [-0.3, -0.25) is 0 Å². The zero-order valence-electron chi connectivity index (χ0n) is 14.9. The predicted octanol–water partition coefficient (Wildman–Crippen LogP) is 8.73. The molecule has 7 aromatic rings. The van der Waals surface area contributed by atoms with E-state index in [0.717, 1.165) is 0 Å². The lowest BCUT2D eigenvalue weighted by Crippen LogP contribution is -1.83. The average Bonchev–Trinajstić information content (AvgIpc) is 3.41. The van der Waals surface area contributed by atoms with Crippen molar-refractivity contribution in [2.75, 3.05) is 0 Å². The smallest absolute Gasteiger partial charge is 0.0421 e. The van der Waals surface area contributed by atoms with Crippen molar-refractivity contribution in [3.05, 3.63) is 83.6 Å². The molecule has 0 amide bonds. The van der Waals surface area contributed by atoms with E-state index in [9.17, 15) is 0 Å². The van der Waals surface area contributed by atoms with Gasteiger partial charge in [0.15, 0.2) is 0 Å². The molecule has 0 N–H and O–H groups in total. The first-order valence-electron chi connectivity index (χ1n) is 9.43. The lowest BCUT2D eigenvalue weighted by atomic mass is 9.94. The van der Waals surface area contributed by atoms with Crippen molar-refractivity contribution < 1.29 is 0 Å². The zero-order valence-corrected chi connectivity index (χ0v) is 16.5. The van der Waals surface area contributed by atoms with Crippen molar-refractivity contribution in [2.24, 2.45) is 0 Å². The molecule has 0 saturated heterocycles. The third-order valence-electron chi connectivity index (χ3n) is 6.02. The summed E-state index contributed by atoms with van der Waals surface area (Å²) in [6.45, 7) is 0. The van der Waals surface area contributed by atoms with Gasteiger partial charge in [0, 0.05) is 20.2 Å². The molecule has 0 radical (unpaired) electrons. The summed E-state index contributed by atoms with van der Waals surface area (Å²) in [7, 11) is 0. The lowest BCUT2D eigenvalue weighted by Gasteiger charge is -2.11. The Bertz CT molecular complexity index is 1580. The summed E-state index contributed by atoms with van der Waals surface area (Å²) in [5.41, 5.74) is 0. The van der Waals surface area contributed by atoms with Gasteiger partial charge >= 0.3 is 0 Å². The molecule has 0 atom stereocenters. The largest absolute Gasteiger partial charge is 0.143 e. The molecule has 2 heterocycles. The van der Waals surface area contributed by atoms with E-state index in [2.05, 4.69) is 83.6 Å². The summed E-state index contributed by atoms with van der Waals surface area (Å²) in [6.07, 6.45) is 0. The Labute approximate surface area is 169 Å². The molecule has 5 aromatic carbocycles. The third kappa shape index (κ3) is 1.84. The summed E-state index contributed by atoms with van der Waals surface area (Å²) in [5, 5.41) is 17.8. The van der Waals surface area contributed by atoms with Crippen LogP contribution in [0, 0.1) is 0 Å². The molecule has 0 nitrogen and oxygen atoms in total. The van der Waals surface area contributed by atoms with E-state index in [4.69, 9.17) is 0 Å². The topological polar surface area (TPSA) is 0 Å². The van der Waals surface area contributed by atoms with Gasteiger partial charge < -0.3 is 0 Å². The van der Waals surface area contributed by atoms with Crippen LogP contribution in [0.2, 0.25) is 0 Å². The van der Waals surface area contributed by atoms with E-state index in [0.29, 0.717) is 0 Å². The Morgan fingerprint density at radius 2 is 0.643 bits per heavy atom. The van der Waals surface area contributed by atoms with Gasteiger partial charge in [0.2, 0.25) is 0 Å². The zero-order chi connectivity index (χ0) is 18.2. The molecule has 2 aromatic heterocycles. The van der Waals surface area contributed by atoms with Crippen LogP contribution in [0.15, 0.2) is 83.6 Å². The Morgan fingerprint density at radius 3 is 1.07 bits per heavy atom. The predicted molar refractivity (Wildman–Crippen MR) is 127 cm³/mol. The second-order valence-electron chi connectivity index (χ2n) is 7.39. The van der Waals surface area contributed by atoms with Crippen LogP contribution < -0.4 is 0 Å². The maximum absolute atomic E-state index is 2.32. The first-order chi connectivity index (χ1) is 13.9. The number of fused-ring (bicyclic) bond motifs is 11. The fourth-order valence-corrected chi connectivity index (χ4v) is 6.56. The quantitative estimate of drug-likeness (QED) is 0.227. The van der Waals surface area contributed by atoms with Crippen LogP contribution in [0.25, 0.3) is 63.3 Å². The standard InChI is InChI=1S/C26H14S2/c1-3-21-19-5-6-20-18(17(19)7-9-23(21)25-15(1)11-13-27-25)8-10-24-22(20)4-2-16-12-14-28-26(16)24/h1-14H. The maximum Gasteiger partial charge on any atom is 0.0421 e. The van der Waals surface area contributed by atoms with Crippen LogP contribution in [0.1, 0.15) is 0 Å². The molecule has 0 aliphatic carbocycles. The van der Waals surface area contributed by atoms with Crippen LogP contribution in [0.3, 0.4) is 0 Å². The summed E-state index contributed by atoms with van der Waals surface area (Å²) >= 11 is 3.67. The van der Waals surface area contributed by atoms with Crippen LogP contribution in [-0.4, -0.2) is 0 Å². The van der Waals surface area contributed by atoms with Crippen molar-refractivity contribution >= 4 is 85.9 Å². The van der Waals surface area contributed by atoms with E-state index in [1.807, 2.05) is 22.7 Å².